The Bertz CT molecular complexity index is 535. The third kappa shape index (κ3) is 7.36. The lowest BCUT2D eigenvalue weighted by molar-refractivity contribution is -0.211. The molecule has 3 rings (SSSR count). The van der Waals surface area contributed by atoms with Gasteiger partial charge in [0.25, 0.3) is 0 Å². The van der Waals surface area contributed by atoms with Crippen molar-refractivity contribution < 1.29 is 14.2 Å². The highest BCUT2D eigenvalue weighted by Crippen LogP contribution is 2.32. The maximum absolute atomic E-state index is 6.28. The zero-order chi connectivity index (χ0) is 22.5. The first-order valence-electron chi connectivity index (χ1n) is 12.4. The number of piperidine rings is 1. The van der Waals surface area contributed by atoms with Gasteiger partial charge in [-0.3, -0.25) is 14.7 Å². The van der Waals surface area contributed by atoms with Gasteiger partial charge in [-0.2, -0.15) is 0 Å². The van der Waals surface area contributed by atoms with E-state index in [0.717, 1.165) is 85.0 Å². The lowest BCUT2D eigenvalue weighted by Gasteiger charge is -2.51. The Labute approximate surface area is 190 Å². The van der Waals surface area contributed by atoms with Crippen LogP contribution in [0.25, 0.3) is 0 Å². The van der Waals surface area contributed by atoms with E-state index in [2.05, 4.69) is 61.3 Å². The van der Waals surface area contributed by atoms with Crippen LogP contribution >= 0.6 is 0 Å². The molecule has 3 heterocycles. The summed E-state index contributed by atoms with van der Waals surface area (Å²) in [7, 11) is 2.20. The molecule has 0 atom stereocenters. The van der Waals surface area contributed by atoms with E-state index in [4.69, 9.17) is 14.2 Å². The molecule has 0 bridgehead atoms. The Balaban J connectivity index is 1.29. The monoisotopic (exact) mass is 440 g/mol. The minimum absolute atomic E-state index is 0.0128. The minimum atomic E-state index is -0.285. The van der Waals surface area contributed by atoms with Gasteiger partial charge in [-0.25, -0.2) is 0 Å². The van der Waals surface area contributed by atoms with Crippen molar-refractivity contribution in [1.82, 2.24) is 19.6 Å². The summed E-state index contributed by atoms with van der Waals surface area (Å²) in [6.07, 6.45) is 2.23. The summed E-state index contributed by atoms with van der Waals surface area (Å²) in [5.41, 5.74) is 0.00582. The molecule has 0 saturated carbocycles. The maximum atomic E-state index is 6.28. The normalized spacial score (nSPS) is 25.4. The van der Waals surface area contributed by atoms with E-state index in [0.29, 0.717) is 13.2 Å². The predicted molar refractivity (Wildman–Crippen MR) is 126 cm³/mol. The number of likely N-dealkylation sites (tertiary alicyclic amines) is 1. The minimum Gasteiger partial charge on any atom is -0.378 e. The smallest absolute Gasteiger partial charge is 0.116 e. The molecule has 182 valence electrons. The van der Waals surface area contributed by atoms with Crippen molar-refractivity contribution in [3.63, 3.8) is 0 Å². The molecule has 7 heteroatoms. The van der Waals surface area contributed by atoms with Crippen LogP contribution in [0.15, 0.2) is 0 Å². The van der Waals surface area contributed by atoms with Crippen LogP contribution in [0.2, 0.25) is 0 Å². The second-order valence-corrected chi connectivity index (χ2v) is 11.2. The van der Waals surface area contributed by atoms with Gasteiger partial charge in [-0.15, -0.1) is 0 Å². The van der Waals surface area contributed by atoms with Crippen LogP contribution in [-0.4, -0.2) is 129 Å². The average Bonchev–Trinajstić information content (AvgIpc) is 2.73. The number of piperazine rings is 1. The maximum Gasteiger partial charge on any atom is 0.116 e. The van der Waals surface area contributed by atoms with Gasteiger partial charge < -0.3 is 19.1 Å². The van der Waals surface area contributed by atoms with Crippen LogP contribution in [0.5, 0.6) is 0 Å². The average molecular weight is 441 g/mol. The molecule has 3 fully saturated rings. The van der Waals surface area contributed by atoms with Crippen molar-refractivity contribution >= 4 is 0 Å². The van der Waals surface area contributed by atoms with E-state index < -0.39 is 0 Å². The van der Waals surface area contributed by atoms with E-state index in [1.807, 2.05) is 0 Å². The molecule has 31 heavy (non-hydrogen) atoms. The molecule has 3 aliphatic heterocycles. The number of morpholine rings is 1. The van der Waals surface area contributed by atoms with Crippen LogP contribution in [0.3, 0.4) is 0 Å². The van der Waals surface area contributed by atoms with Crippen LogP contribution in [0.1, 0.15) is 47.5 Å². The molecule has 0 aromatic rings. The fraction of sp³-hybridized carbons (Fsp3) is 1.00. The predicted octanol–water partition coefficient (Wildman–Crippen LogP) is 1.97. The lowest BCUT2D eigenvalue weighted by atomic mass is 9.89. The molecule has 0 radical (unpaired) electrons. The van der Waals surface area contributed by atoms with Crippen LogP contribution in [0.4, 0.5) is 0 Å². The first kappa shape index (κ1) is 25.3. The van der Waals surface area contributed by atoms with Gasteiger partial charge in [0.15, 0.2) is 0 Å². The van der Waals surface area contributed by atoms with Crippen molar-refractivity contribution in [3.05, 3.63) is 0 Å². The quantitative estimate of drug-likeness (QED) is 0.535. The third-order valence-corrected chi connectivity index (χ3v) is 7.46. The lowest BCUT2D eigenvalue weighted by Crippen LogP contribution is -2.61. The molecule has 0 aromatic heterocycles. The summed E-state index contributed by atoms with van der Waals surface area (Å²) in [6.45, 7) is 23.9. The summed E-state index contributed by atoms with van der Waals surface area (Å²) in [6, 6.07) is 0. The van der Waals surface area contributed by atoms with Gasteiger partial charge in [0.2, 0.25) is 0 Å². The van der Waals surface area contributed by atoms with Crippen molar-refractivity contribution in [2.24, 2.45) is 0 Å². The number of ether oxygens (including phenoxy) is 3. The van der Waals surface area contributed by atoms with Crippen molar-refractivity contribution in [3.8, 4) is 0 Å². The number of hydrogen-bond donors (Lipinski definition) is 0. The number of hydrogen-bond acceptors (Lipinski definition) is 7. The van der Waals surface area contributed by atoms with Crippen molar-refractivity contribution in [2.45, 2.75) is 64.3 Å². The van der Waals surface area contributed by atoms with Crippen LogP contribution in [0, 0.1) is 0 Å². The van der Waals surface area contributed by atoms with E-state index in [-0.39, 0.29) is 16.9 Å². The Morgan fingerprint density at radius 2 is 1.48 bits per heavy atom. The second kappa shape index (κ2) is 10.8. The fourth-order valence-electron chi connectivity index (χ4n) is 5.01. The van der Waals surface area contributed by atoms with Gasteiger partial charge >= 0.3 is 0 Å². The molecule has 3 saturated heterocycles. The molecular weight excluding hydrogens is 392 g/mol. The summed E-state index contributed by atoms with van der Waals surface area (Å²) in [5.74, 6) is 0. The summed E-state index contributed by atoms with van der Waals surface area (Å²) >= 11 is 0. The zero-order valence-corrected chi connectivity index (χ0v) is 21.1. The van der Waals surface area contributed by atoms with Gasteiger partial charge in [0.1, 0.15) is 5.72 Å². The fourth-order valence-corrected chi connectivity index (χ4v) is 5.01. The first-order chi connectivity index (χ1) is 14.6. The Hall–Kier alpha value is -0.280. The van der Waals surface area contributed by atoms with Crippen molar-refractivity contribution in [2.75, 3.05) is 92.4 Å². The number of rotatable bonds is 8. The topological polar surface area (TPSA) is 40.7 Å². The molecule has 0 amide bonds. The van der Waals surface area contributed by atoms with Gasteiger partial charge in [-0.1, -0.05) is 0 Å². The van der Waals surface area contributed by atoms with Crippen LogP contribution < -0.4 is 0 Å². The molecule has 7 nitrogen and oxygen atoms in total. The Morgan fingerprint density at radius 3 is 2.13 bits per heavy atom. The standard InChI is InChI=1S/C24H48N4O3/c1-22(2,3)27-13-11-26(12-14-27)15-17-29-19-20-30-23(4,5)28-16-18-31-24(21-28)7-9-25(6)10-8-24/h7-21H2,1-6H3. The molecule has 3 aliphatic rings. The highest BCUT2D eigenvalue weighted by Gasteiger charge is 2.43. The second-order valence-electron chi connectivity index (χ2n) is 11.2. The van der Waals surface area contributed by atoms with Gasteiger partial charge in [0, 0.05) is 64.4 Å². The molecule has 1 spiro atoms. The number of nitrogens with zero attached hydrogens (tertiary/aromatic N) is 4. The Morgan fingerprint density at radius 1 is 0.806 bits per heavy atom. The summed E-state index contributed by atoms with van der Waals surface area (Å²) in [5, 5.41) is 0. The molecular formula is C24H48N4O3. The molecule has 0 aromatic carbocycles. The molecule has 0 unspecified atom stereocenters. The summed E-state index contributed by atoms with van der Waals surface area (Å²) < 4.78 is 18.5. The largest absolute Gasteiger partial charge is 0.378 e. The van der Waals surface area contributed by atoms with Crippen LogP contribution in [-0.2, 0) is 14.2 Å². The third-order valence-electron chi connectivity index (χ3n) is 7.46. The van der Waals surface area contributed by atoms with E-state index >= 15 is 0 Å². The van der Waals surface area contributed by atoms with E-state index in [9.17, 15) is 0 Å². The molecule has 0 aliphatic carbocycles. The molecule has 0 N–H and O–H groups in total. The Kier molecular flexibility index (Phi) is 8.80. The SMILES string of the molecule is CN1CCC2(CC1)CN(C(C)(C)OCCOCCN1CCN(C(C)(C)C)CC1)CCO2. The highest BCUT2D eigenvalue weighted by atomic mass is 16.5. The van der Waals surface area contributed by atoms with E-state index in [1.54, 1.807) is 0 Å². The van der Waals surface area contributed by atoms with E-state index in [1.165, 1.54) is 0 Å². The zero-order valence-electron chi connectivity index (χ0n) is 21.1. The van der Waals surface area contributed by atoms with Crippen molar-refractivity contribution in [1.29, 1.82) is 0 Å². The first-order valence-corrected chi connectivity index (χ1v) is 12.4. The highest BCUT2D eigenvalue weighted by molar-refractivity contribution is 4.94. The van der Waals surface area contributed by atoms with Gasteiger partial charge in [-0.05, 0) is 54.5 Å². The van der Waals surface area contributed by atoms with Gasteiger partial charge in [0.05, 0.1) is 32.0 Å². The summed E-state index contributed by atoms with van der Waals surface area (Å²) in [4.78, 5) is 9.96.